The van der Waals surface area contributed by atoms with Crippen molar-refractivity contribution in [2.24, 2.45) is 5.73 Å². The summed E-state index contributed by atoms with van der Waals surface area (Å²) in [6, 6.07) is 14.1. The predicted molar refractivity (Wildman–Crippen MR) is 157 cm³/mol. The molecular formula is C32H33FN4O6. The van der Waals surface area contributed by atoms with Gasteiger partial charge in [0.15, 0.2) is 0 Å². The fraction of sp³-hybridized carbons (Fsp3) is 0.312. The van der Waals surface area contributed by atoms with Gasteiger partial charge in [-0.2, -0.15) is 0 Å². The number of halogens is 1. The highest BCUT2D eigenvalue weighted by molar-refractivity contribution is 6.00. The second kappa shape index (κ2) is 11.6. The molecule has 0 spiro atoms. The van der Waals surface area contributed by atoms with Gasteiger partial charge in [0.25, 0.3) is 5.91 Å². The van der Waals surface area contributed by atoms with Gasteiger partial charge >= 0.3 is 0 Å². The van der Waals surface area contributed by atoms with Gasteiger partial charge in [-0.25, -0.2) is 9.37 Å². The molecule has 5 rings (SSSR count). The van der Waals surface area contributed by atoms with Crippen LogP contribution in [0.25, 0.3) is 22.2 Å². The lowest BCUT2D eigenvalue weighted by Gasteiger charge is -2.26. The third kappa shape index (κ3) is 5.86. The Morgan fingerprint density at radius 1 is 1.23 bits per heavy atom. The van der Waals surface area contributed by atoms with Gasteiger partial charge in [-0.05, 0) is 69.3 Å². The molecule has 3 heterocycles. The maximum Gasteiger partial charge on any atom is 0.251 e. The van der Waals surface area contributed by atoms with E-state index in [1.165, 1.54) is 31.2 Å². The van der Waals surface area contributed by atoms with E-state index < -0.39 is 28.6 Å². The van der Waals surface area contributed by atoms with Crippen LogP contribution < -0.4 is 20.5 Å². The van der Waals surface area contributed by atoms with Crippen molar-refractivity contribution in [3.63, 3.8) is 0 Å². The third-order valence-electron chi connectivity index (χ3n) is 7.69. The molecule has 0 aliphatic carbocycles. The molecule has 0 bridgehead atoms. The highest BCUT2D eigenvalue weighted by Crippen LogP contribution is 2.45. The molecule has 43 heavy (non-hydrogen) atoms. The number of rotatable bonds is 10. The van der Waals surface area contributed by atoms with E-state index in [4.69, 9.17) is 19.9 Å². The molecule has 10 nitrogen and oxygen atoms in total. The van der Waals surface area contributed by atoms with E-state index in [1.807, 2.05) is 13.0 Å². The lowest BCUT2D eigenvalue weighted by Crippen LogP contribution is -2.41. The molecule has 2 aromatic carbocycles. The molecule has 11 heteroatoms. The van der Waals surface area contributed by atoms with Gasteiger partial charge in [-0.15, -0.1) is 0 Å². The minimum atomic E-state index is -1.69. The van der Waals surface area contributed by atoms with Gasteiger partial charge in [0.05, 0.1) is 18.3 Å². The summed E-state index contributed by atoms with van der Waals surface area (Å²) in [5, 5.41) is 15.1. The Kier molecular flexibility index (Phi) is 8.04. The molecule has 0 radical (unpaired) electrons. The Morgan fingerprint density at radius 2 is 1.98 bits per heavy atom. The Bertz CT molecular complexity index is 1690. The molecule has 0 saturated heterocycles. The smallest absolute Gasteiger partial charge is 0.251 e. The number of benzene rings is 2. The molecule has 0 fully saturated rings. The van der Waals surface area contributed by atoms with Gasteiger partial charge in [-0.1, -0.05) is 6.07 Å². The number of carbonyl (C=O) groups is 2. The third-order valence-corrected chi connectivity index (χ3v) is 7.69. The first-order chi connectivity index (χ1) is 20.4. The van der Waals surface area contributed by atoms with Crippen LogP contribution >= 0.6 is 0 Å². The number of methoxy groups -OCH3 is 1. The quantitative estimate of drug-likeness (QED) is 0.255. The van der Waals surface area contributed by atoms with Crippen molar-refractivity contribution in [2.45, 2.75) is 37.9 Å². The summed E-state index contributed by atoms with van der Waals surface area (Å²) in [6.07, 6.45) is 1.47. The fourth-order valence-electron chi connectivity index (χ4n) is 4.79. The van der Waals surface area contributed by atoms with E-state index >= 15 is 0 Å². The molecule has 4 aromatic rings. The van der Waals surface area contributed by atoms with Crippen LogP contribution in [0.15, 0.2) is 60.8 Å². The number of fused-ring (bicyclic) bond motifs is 2. The second-order valence-corrected chi connectivity index (χ2v) is 11.1. The van der Waals surface area contributed by atoms with E-state index in [1.54, 1.807) is 44.5 Å². The zero-order chi connectivity index (χ0) is 30.9. The lowest BCUT2D eigenvalue weighted by atomic mass is 9.82. The maximum absolute atomic E-state index is 13.7. The minimum Gasteiger partial charge on any atom is -0.489 e. The molecule has 0 unspecified atom stereocenters. The Balaban J connectivity index is 1.46. The van der Waals surface area contributed by atoms with Crippen LogP contribution in [-0.2, 0) is 20.5 Å². The number of ether oxygens (including phenoxy) is 3. The largest absolute Gasteiger partial charge is 0.489 e. The van der Waals surface area contributed by atoms with Crippen LogP contribution in [-0.4, -0.2) is 59.9 Å². The van der Waals surface area contributed by atoms with Crippen LogP contribution in [0.5, 0.6) is 11.5 Å². The average molecular weight is 589 g/mol. The molecule has 1 aliphatic rings. The van der Waals surface area contributed by atoms with Gasteiger partial charge < -0.3 is 30.4 Å². The van der Waals surface area contributed by atoms with E-state index in [-0.39, 0.29) is 31.6 Å². The molecular weight excluding hydrogens is 555 g/mol. The van der Waals surface area contributed by atoms with Crippen LogP contribution in [0.1, 0.15) is 42.4 Å². The first kappa shape index (κ1) is 29.9. The number of hydrogen-bond donors (Lipinski definition) is 3. The number of hydrogen-bond acceptors (Lipinski definition) is 8. The summed E-state index contributed by atoms with van der Waals surface area (Å²) >= 11 is 0. The number of aromatic nitrogens is 2. The van der Waals surface area contributed by atoms with Crippen molar-refractivity contribution >= 4 is 22.7 Å². The SMILES string of the molecule is CO[C@H](C)COc1cc(C(=O)NC[C@](C)(O)c2cc3c(c(-c4ccc(F)cc4)n2)OC[C@]3(C)C(N)=O)cc2cccnc12. The number of carbonyl (C=O) groups excluding carboxylic acids is 2. The maximum atomic E-state index is 13.7. The summed E-state index contributed by atoms with van der Waals surface area (Å²) in [7, 11) is 1.58. The number of nitrogens with two attached hydrogens (primary N) is 1. The van der Waals surface area contributed by atoms with Crippen LogP contribution in [0.3, 0.4) is 0 Å². The van der Waals surface area contributed by atoms with Crippen molar-refractivity contribution < 1.29 is 33.3 Å². The van der Waals surface area contributed by atoms with E-state index in [0.717, 1.165) is 0 Å². The highest BCUT2D eigenvalue weighted by Gasteiger charge is 2.45. The molecule has 0 saturated carbocycles. The van der Waals surface area contributed by atoms with Gasteiger partial charge in [-0.3, -0.25) is 14.6 Å². The van der Waals surface area contributed by atoms with Crippen molar-refractivity contribution in [1.82, 2.24) is 15.3 Å². The topological polar surface area (TPSA) is 146 Å². The average Bonchev–Trinajstić information content (AvgIpc) is 3.36. The Morgan fingerprint density at radius 3 is 2.67 bits per heavy atom. The molecule has 1 aliphatic heterocycles. The number of pyridine rings is 2. The van der Waals surface area contributed by atoms with Crippen LogP contribution in [0.4, 0.5) is 4.39 Å². The summed E-state index contributed by atoms with van der Waals surface area (Å²) in [4.78, 5) is 34.9. The van der Waals surface area contributed by atoms with Crippen LogP contribution in [0.2, 0.25) is 0 Å². The molecule has 2 aromatic heterocycles. The molecule has 224 valence electrons. The summed E-state index contributed by atoms with van der Waals surface area (Å²) in [6.45, 7) is 5.03. The van der Waals surface area contributed by atoms with Crippen molar-refractivity contribution in [1.29, 1.82) is 0 Å². The standard InChI is InChI=1S/C32H33FN4O6/c1-18(41-4)15-42-24-13-21(12-20-6-5-11-35-26(20)24)29(38)36-16-32(3,40)25-14-23-28(43-17-31(23,2)30(34)39)27(37-25)19-7-9-22(33)10-8-19/h5-14,18,40H,15-17H2,1-4H3,(H2,34,39)(H,36,38)/t18-,31+,32+/m1/s1. The Hall–Kier alpha value is -4.61. The van der Waals surface area contributed by atoms with Gasteiger partial charge in [0.2, 0.25) is 5.91 Å². The molecule has 2 amide bonds. The summed E-state index contributed by atoms with van der Waals surface area (Å²) in [5.41, 5.74) is 5.24. The lowest BCUT2D eigenvalue weighted by molar-refractivity contribution is -0.123. The highest BCUT2D eigenvalue weighted by atomic mass is 19.1. The van der Waals surface area contributed by atoms with E-state index in [0.29, 0.717) is 44.8 Å². The summed E-state index contributed by atoms with van der Waals surface area (Å²) in [5.74, 6) is -0.739. The number of nitrogens with one attached hydrogen (secondary N) is 1. The molecule has 4 N–H and O–H groups in total. The zero-order valence-corrected chi connectivity index (χ0v) is 24.3. The number of aliphatic hydroxyl groups is 1. The summed E-state index contributed by atoms with van der Waals surface area (Å²) < 4.78 is 30.7. The van der Waals surface area contributed by atoms with Gasteiger partial charge in [0.1, 0.15) is 52.8 Å². The monoisotopic (exact) mass is 588 g/mol. The number of nitrogens with zero attached hydrogens (tertiary/aromatic N) is 2. The fourth-order valence-corrected chi connectivity index (χ4v) is 4.79. The molecule has 3 atom stereocenters. The number of primary amides is 1. The Labute approximate surface area is 248 Å². The number of amides is 2. The van der Waals surface area contributed by atoms with Gasteiger partial charge in [0, 0.05) is 35.4 Å². The van der Waals surface area contributed by atoms with Crippen molar-refractivity contribution in [2.75, 3.05) is 26.9 Å². The van der Waals surface area contributed by atoms with Crippen molar-refractivity contribution in [3.05, 3.63) is 83.4 Å². The predicted octanol–water partition coefficient (Wildman–Crippen LogP) is 3.62. The first-order valence-electron chi connectivity index (χ1n) is 13.7. The van der Waals surface area contributed by atoms with E-state index in [9.17, 15) is 19.1 Å². The van der Waals surface area contributed by atoms with Crippen LogP contribution in [0, 0.1) is 5.82 Å². The van der Waals surface area contributed by atoms with E-state index in [2.05, 4.69) is 15.3 Å². The normalized spacial score (nSPS) is 17.9. The first-order valence-corrected chi connectivity index (χ1v) is 13.7. The zero-order valence-electron chi connectivity index (χ0n) is 24.3. The second-order valence-electron chi connectivity index (χ2n) is 11.1. The minimum absolute atomic E-state index is 0.0136. The van der Waals surface area contributed by atoms with Crippen molar-refractivity contribution in [3.8, 4) is 22.8 Å².